The molecule has 7 heteroatoms. The van der Waals surface area contributed by atoms with E-state index in [0.29, 0.717) is 6.04 Å². The third kappa shape index (κ3) is 4.39. The van der Waals surface area contributed by atoms with Crippen molar-refractivity contribution in [1.29, 1.82) is 0 Å². The van der Waals surface area contributed by atoms with Crippen molar-refractivity contribution >= 4 is 27.6 Å². The van der Waals surface area contributed by atoms with Crippen molar-refractivity contribution in [2.75, 3.05) is 37.4 Å². The maximum Gasteiger partial charge on any atom is 0.133 e. The van der Waals surface area contributed by atoms with Crippen LogP contribution in [0.3, 0.4) is 0 Å². The monoisotopic (exact) mass is 376 g/mol. The van der Waals surface area contributed by atoms with Crippen molar-refractivity contribution < 1.29 is 0 Å². The molecule has 1 atom stereocenters. The van der Waals surface area contributed by atoms with Gasteiger partial charge in [-0.1, -0.05) is 0 Å². The Morgan fingerprint density at radius 3 is 2.91 bits per heavy atom. The van der Waals surface area contributed by atoms with E-state index in [1.165, 1.54) is 0 Å². The molecule has 0 saturated carbocycles. The van der Waals surface area contributed by atoms with Gasteiger partial charge in [0.1, 0.15) is 18.0 Å². The smallest absolute Gasteiger partial charge is 0.133 e. The zero-order valence-electron chi connectivity index (χ0n) is 13.4. The van der Waals surface area contributed by atoms with Gasteiger partial charge in [0, 0.05) is 56.5 Å². The standard InChI is InChI=1S/C16H21BrN6/c1-22(2)16-7-15(19-11-20-16)21-14-5-6-23(10-14)9-13-4-3-12(17)8-18-13/h3-4,7-8,11,14H,5-6,9-10H2,1-2H3,(H,19,20,21). The van der Waals surface area contributed by atoms with E-state index in [2.05, 4.69) is 47.2 Å². The predicted octanol–water partition coefficient (Wildman–Crippen LogP) is 2.39. The van der Waals surface area contributed by atoms with Crippen LogP contribution in [-0.2, 0) is 6.54 Å². The highest BCUT2D eigenvalue weighted by Crippen LogP contribution is 2.18. The number of rotatable bonds is 5. The summed E-state index contributed by atoms with van der Waals surface area (Å²) in [6.07, 6.45) is 4.57. The van der Waals surface area contributed by atoms with Crippen LogP contribution < -0.4 is 10.2 Å². The molecular weight excluding hydrogens is 356 g/mol. The van der Waals surface area contributed by atoms with E-state index < -0.39 is 0 Å². The summed E-state index contributed by atoms with van der Waals surface area (Å²) in [4.78, 5) is 17.4. The number of pyridine rings is 1. The van der Waals surface area contributed by atoms with Crippen LogP contribution in [-0.4, -0.2) is 53.1 Å². The van der Waals surface area contributed by atoms with E-state index in [4.69, 9.17) is 0 Å². The van der Waals surface area contributed by atoms with Crippen molar-refractivity contribution in [3.63, 3.8) is 0 Å². The van der Waals surface area contributed by atoms with Crippen LogP contribution in [0.2, 0.25) is 0 Å². The van der Waals surface area contributed by atoms with Crippen molar-refractivity contribution in [1.82, 2.24) is 19.9 Å². The van der Waals surface area contributed by atoms with Gasteiger partial charge in [0.15, 0.2) is 0 Å². The molecule has 2 aromatic rings. The first kappa shape index (κ1) is 16.1. The lowest BCUT2D eigenvalue weighted by Crippen LogP contribution is -2.26. The minimum Gasteiger partial charge on any atom is -0.366 e. The van der Waals surface area contributed by atoms with Crippen LogP contribution in [0.5, 0.6) is 0 Å². The summed E-state index contributed by atoms with van der Waals surface area (Å²) >= 11 is 3.42. The third-order valence-electron chi connectivity index (χ3n) is 3.91. The maximum atomic E-state index is 4.45. The third-order valence-corrected chi connectivity index (χ3v) is 4.38. The Kier molecular flexibility index (Phi) is 5.07. The fourth-order valence-electron chi connectivity index (χ4n) is 2.70. The average molecular weight is 377 g/mol. The van der Waals surface area contributed by atoms with E-state index in [9.17, 15) is 0 Å². The first-order valence-corrected chi connectivity index (χ1v) is 8.48. The summed E-state index contributed by atoms with van der Waals surface area (Å²) in [5.41, 5.74) is 1.10. The van der Waals surface area contributed by atoms with Gasteiger partial charge in [-0.25, -0.2) is 9.97 Å². The van der Waals surface area contributed by atoms with E-state index >= 15 is 0 Å². The molecule has 3 rings (SSSR count). The Bertz CT molecular complexity index is 645. The molecule has 1 aliphatic rings. The summed E-state index contributed by atoms with van der Waals surface area (Å²) < 4.78 is 1.02. The summed E-state index contributed by atoms with van der Waals surface area (Å²) in [7, 11) is 3.96. The highest BCUT2D eigenvalue weighted by atomic mass is 79.9. The molecule has 1 N–H and O–H groups in total. The SMILES string of the molecule is CN(C)c1cc(NC2CCN(Cc3ccc(Br)cn3)C2)ncn1. The molecule has 0 radical (unpaired) electrons. The Labute approximate surface area is 145 Å². The molecule has 1 aliphatic heterocycles. The van der Waals surface area contributed by atoms with Gasteiger partial charge in [0.05, 0.1) is 5.69 Å². The highest BCUT2D eigenvalue weighted by molar-refractivity contribution is 9.10. The predicted molar refractivity (Wildman–Crippen MR) is 95.6 cm³/mol. The molecule has 0 amide bonds. The van der Waals surface area contributed by atoms with E-state index in [-0.39, 0.29) is 0 Å². The molecule has 0 bridgehead atoms. The van der Waals surface area contributed by atoms with E-state index in [0.717, 1.165) is 47.9 Å². The fourth-order valence-corrected chi connectivity index (χ4v) is 2.94. The molecule has 1 unspecified atom stereocenters. The van der Waals surface area contributed by atoms with Crippen molar-refractivity contribution in [2.24, 2.45) is 0 Å². The van der Waals surface area contributed by atoms with Crippen molar-refractivity contribution in [2.45, 2.75) is 19.0 Å². The number of anilines is 2. The van der Waals surface area contributed by atoms with Gasteiger partial charge in [-0.2, -0.15) is 0 Å². The van der Waals surface area contributed by atoms with Crippen LogP contribution in [0.1, 0.15) is 12.1 Å². The summed E-state index contributed by atoms with van der Waals surface area (Å²) in [5.74, 6) is 1.80. The van der Waals surface area contributed by atoms with Crippen LogP contribution in [0, 0.1) is 0 Å². The minimum absolute atomic E-state index is 0.412. The second-order valence-electron chi connectivity index (χ2n) is 5.99. The summed E-state index contributed by atoms with van der Waals surface area (Å²) in [6, 6.07) is 6.50. The quantitative estimate of drug-likeness (QED) is 0.864. The number of hydrogen-bond acceptors (Lipinski definition) is 6. The number of halogens is 1. The first-order valence-electron chi connectivity index (χ1n) is 7.69. The van der Waals surface area contributed by atoms with E-state index in [1.807, 2.05) is 37.3 Å². The number of nitrogens with one attached hydrogen (secondary N) is 1. The van der Waals surface area contributed by atoms with Gasteiger partial charge >= 0.3 is 0 Å². The molecule has 1 fully saturated rings. The topological polar surface area (TPSA) is 57.2 Å². The van der Waals surface area contributed by atoms with Gasteiger partial charge < -0.3 is 10.2 Å². The molecule has 6 nitrogen and oxygen atoms in total. The lowest BCUT2D eigenvalue weighted by Gasteiger charge is -2.17. The van der Waals surface area contributed by atoms with Crippen LogP contribution in [0.15, 0.2) is 35.2 Å². The van der Waals surface area contributed by atoms with Gasteiger partial charge in [0.25, 0.3) is 0 Å². The van der Waals surface area contributed by atoms with Gasteiger partial charge in [0.2, 0.25) is 0 Å². The first-order chi connectivity index (χ1) is 11.1. The highest BCUT2D eigenvalue weighted by Gasteiger charge is 2.23. The number of nitrogens with zero attached hydrogens (tertiary/aromatic N) is 5. The minimum atomic E-state index is 0.412. The van der Waals surface area contributed by atoms with Crippen LogP contribution >= 0.6 is 15.9 Å². The summed E-state index contributed by atoms with van der Waals surface area (Å²) in [6.45, 7) is 2.96. The molecule has 2 aromatic heterocycles. The number of hydrogen-bond donors (Lipinski definition) is 1. The zero-order chi connectivity index (χ0) is 16.2. The van der Waals surface area contributed by atoms with Crippen molar-refractivity contribution in [3.8, 4) is 0 Å². The average Bonchev–Trinajstić information content (AvgIpc) is 2.97. The molecule has 122 valence electrons. The number of likely N-dealkylation sites (tertiary alicyclic amines) is 1. The zero-order valence-corrected chi connectivity index (χ0v) is 15.0. The Morgan fingerprint density at radius 2 is 2.17 bits per heavy atom. The molecule has 0 aliphatic carbocycles. The van der Waals surface area contributed by atoms with Gasteiger partial charge in [-0.05, 0) is 34.5 Å². The second-order valence-corrected chi connectivity index (χ2v) is 6.90. The molecule has 23 heavy (non-hydrogen) atoms. The van der Waals surface area contributed by atoms with E-state index in [1.54, 1.807) is 6.33 Å². The fraction of sp³-hybridized carbons (Fsp3) is 0.438. The molecular formula is C16H21BrN6. The molecule has 0 aromatic carbocycles. The Balaban J connectivity index is 1.55. The van der Waals surface area contributed by atoms with Crippen LogP contribution in [0.25, 0.3) is 0 Å². The number of aromatic nitrogens is 3. The lowest BCUT2D eigenvalue weighted by atomic mass is 10.2. The lowest BCUT2D eigenvalue weighted by molar-refractivity contribution is 0.324. The summed E-state index contributed by atoms with van der Waals surface area (Å²) in [5, 5.41) is 3.51. The largest absolute Gasteiger partial charge is 0.366 e. The Hall–Kier alpha value is -1.73. The van der Waals surface area contributed by atoms with Crippen molar-refractivity contribution in [3.05, 3.63) is 40.9 Å². The van der Waals surface area contributed by atoms with Gasteiger partial charge in [-0.15, -0.1) is 0 Å². The molecule has 0 spiro atoms. The second kappa shape index (κ2) is 7.23. The van der Waals surface area contributed by atoms with Crippen LogP contribution in [0.4, 0.5) is 11.6 Å². The Morgan fingerprint density at radius 1 is 1.30 bits per heavy atom. The maximum absolute atomic E-state index is 4.45. The molecule has 3 heterocycles. The normalized spacial score (nSPS) is 18.1. The van der Waals surface area contributed by atoms with Gasteiger partial charge in [-0.3, -0.25) is 9.88 Å². The molecule has 1 saturated heterocycles.